The molecule has 8 heavy (non-hydrogen) atoms. The van der Waals surface area contributed by atoms with Crippen LogP contribution in [0.4, 0.5) is 0 Å². The van der Waals surface area contributed by atoms with Crippen LogP contribution in [0.5, 0.6) is 0 Å². The Kier molecular flexibility index (Phi) is 5.19. The molecule has 1 atom stereocenters. The molecule has 48 valence electrons. The summed E-state index contributed by atoms with van der Waals surface area (Å²) in [5, 5.41) is 9.30. The van der Waals surface area contributed by atoms with Crippen molar-refractivity contribution in [2.45, 2.75) is 24.5 Å². The molecule has 0 fully saturated rings. The third kappa shape index (κ3) is 6.03. The minimum atomic E-state index is -0.675. The van der Waals surface area contributed by atoms with E-state index >= 15 is 0 Å². The van der Waals surface area contributed by atoms with Crippen LogP contribution in [0.1, 0.15) is 19.3 Å². The van der Waals surface area contributed by atoms with Gasteiger partial charge in [-0.15, -0.1) is 0 Å². The Morgan fingerprint density at radius 2 is 2.12 bits per heavy atom. The predicted octanol–water partition coefficient (Wildman–Crippen LogP) is 0.293. The monoisotopic (exact) mass is 178 g/mol. The first kappa shape index (κ1) is 8.03. The van der Waals surface area contributed by atoms with Gasteiger partial charge in [0.15, 0.2) is 0 Å². The standard InChI is InChI=1S/C5H11AsO2/c6-4-2-1-3-5(7)8/h1-4,6H2,(H,7,8). The number of rotatable bonds is 4. The van der Waals surface area contributed by atoms with Crippen molar-refractivity contribution < 1.29 is 9.90 Å². The van der Waals surface area contributed by atoms with E-state index in [1.165, 1.54) is 0 Å². The van der Waals surface area contributed by atoms with Crippen LogP contribution < -0.4 is 0 Å². The Morgan fingerprint density at radius 3 is 2.50 bits per heavy atom. The fourth-order valence-corrected chi connectivity index (χ4v) is 1.03. The summed E-state index contributed by atoms with van der Waals surface area (Å²) in [7, 11) is 0. The topological polar surface area (TPSA) is 37.3 Å². The number of carbonyl (C=O) groups is 1. The van der Waals surface area contributed by atoms with Gasteiger partial charge in [0.2, 0.25) is 0 Å². The molecule has 0 spiro atoms. The summed E-state index contributed by atoms with van der Waals surface area (Å²) < 4.78 is 0. The third-order valence-corrected chi connectivity index (χ3v) is 1.70. The first-order chi connectivity index (χ1) is 3.77. The van der Waals surface area contributed by atoms with Crippen LogP contribution in [-0.2, 0) is 4.79 Å². The first-order valence-corrected chi connectivity index (χ1v) is 4.40. The van der Waals surface area contributed by atoms with Gasteiger partial charge in [-0.25, -0.2) is 0 Å². The molecule has 0 aromatic rings. The predicted molar refractivity (Wildman–Crippen MR) is 34.8 cm³/mol. The molecule has 0 heterocycles. The number of aliphatic carboxylic acids is 1. The van der Waals surface area contributed by atoms with Crippen LogP contribution in [0, 0.1) is 0 Å². The Morgan fingerprint density at radius 1 is 1.50 bits per heavy atom. The number of hydrogen-bond donors (Lipinski definition) is 1. The van der Waals surface area contributed by atoms with Crippen molar-refractivity contribution in [3.63, 3.8) is 0 Å². The van der Waals surface area contributed by atoms with Crippen molar-refractivity contribution >= 4 is 22.8 Å². The zero-order chi connectivity index (χ0) is 6.41. The van der Waals surface area contributed by atoms with Gasteiger partial charge in [-0.1, -0.05) is 0 Å². The Labute approximate surface area is 57.8 Å². The molecule has 0 saturated carbocycles. The molecule has 0 aromatic carbocycles. The van der Waals surface area contributed by atoms with Gasteiger partial charge in [-0.3, -0.25) is 0 Å². The van der Waals surface area contributed by atoms with E-state index in [9.17, 15) is 4.79 Å². The van der Waals surface area contributed by atoms with E-state index in [4.69, 9.17) is 5.11 Å². The van der Waals surface area contributed by atoms with Gasteiger partial charge < -0.3 is 0 Å². The second kappa shape index (κ2) is 5.17. The summed E-state index contributed by atoms with van der Waals surface area (Å²) in [6, 6.07) is 0. The summed E-state index contributed by atoms with van der Waals surface area (Å²) in [5.41, 5.74) is 0. The quantitative estimate of drug-likeness (QED) is 0.496. The molecule has 0 saturated heterocycles. The molecule has 0 aliphatic heterocycles. The Balaban J connectivity index is 2.82. The Bertz CT molecular complexity index is 72.8. The second-order valence-corrected chi connectivity index (χ2v) is 2.85. The van der Waals surface area contributed by atoms with Gasteiger partial charge in [-0.05, 0) is 0 Å². The molecule has 1 unspecified atom stereocenters. The molecule has 0 bridgehead atoms. The van der Waals surface area contributed by atoms with E-state index in [2.05, 4.69) is 0 Å². The van der Waals surface area contributed by atoms with Gasteiger partial charge in [0.05, 0.1) is 0 Å². The summed E-state index contributed by atoms with van der Waals surface area (Å²) >= 11 is 1.67. The SMILES string of the molecule is O=C(O)CCCC[AsH2]. The van der Waals surface area contributed by atoms with Crippen molar-refractivity contribution in [2.75, 3.05) is 0 Å². The van der Waals surface area contributed by atoms with Crippen molar-refractivity contribution in [2.24, 2.45) is 0 Å². The maximum atomic E-state index is 9.88. The number of hydrogen-bond acceptors (Lipinski definition) is 1. The summed E-state index contributed by atoms with van der Waals surface area (Å²) in [4.78, 5) is 9.88. The zero-order valence-electron chi connectivity index (χ0n) is 4.76. The van der Waals surface area contributed by atoms with Crippen molar-refractivity contribution in [3.8, 4) is 0 Å². The van der Waals surface area contributed by atoms with Gasteiger partial charge in [0, 0.05) is 0 Å². The van der Waals surface area contributed by atoms with Gasteiger partial charge in [0.1, 0.15) is 0 Å². The molecular weight excluding hydrogens is 167 g/mol. The summed E-state index contributed by atoms with van der Waals surface area (Å²) in [6.07, 6.45) is 2.24. The summed E-state index contributed by atoms with van der Waals surface area (Å²) in [6.45, 7) is 0. The van der Waals surface area contributed by atoms with Crippen molar-refractivity contribution in [1.29, 1.82) is 0 Å². The average molecular weight is 178 g/mol. The van der Waals surface area contributed by atoms with E-state index in [1.54, 1.807) is 16.9 Å². The zero-order valence-corrected chi connectivity index (χ0v) is 7.18. The third-order valence-electron chi connectivity index (χ3n) is 0.845. The van der Waals surface area contributed by atoms with E-state index < -0.39 is 5.97 Å². The molecular formula is C5H11AsO2. The van der Waals surface area contributed by atoms with Crippen LogP contribution in [0.25, 0.3) is 0 Å². The van der Waals surface area contributed by atoms with Crippen molar-refractivity contribution in [3.05, 3.63) is 0 Å². The number of unbranched alkanes of at least 4 members (excludes halogenated alkanes) is 1. The van der Waals surface area contributed by atoms with Gasteiger partial charge in [-0.2, -0.15) is 0 Å². The molecule has 0 rings (SSSR count). The molecule has 1 N–H and O–H groups in total. The maximum absolute atomic E-state index is 9.88. The van der Waals surface area contributed by atoms with E-state index in [0.717, 1.165) is 18.1 Å². The van der Waals surface area contributed by atoms with Crippen molar-refractivity contribution in [1.82, 2.24) is 0 Å². The first-order valence-electron chi connectivity index (χ1n) is 2.69. The second-order valence-electron chi connectivity index (χ2n) is 1.64. The van der Waals surface area contributed by atoms with Crippen LogP contribution in [-0.4, -0.2) is 27.9 Å². The molecule has 0 amide bonds. The fraction of sp³-hybridized carbons (Fsp3) is 0.800. The molecule has 0 aliphatic rings. The molecule has 0 radical (unpaired) electrons. The molecule has 2 nitrogen and oxygen atoms in total. The van der Waals surface area contributed by atoms with Gasteiger partial charge in [0.25, 0.3) is 0 Å². The molecule has 0 aromatic heterocycles. The van der Waals surface area contributed by atoms with E-state index in [0.29, 0.717) is 6.42 Å². The molecule has 0 aliphatic carbocycles. The number of carboxylic acids is 1. The minimum absolute atomic E-state index is 0.337. The van der Waals surface area contributed by atoms with Crippen LogP contribution in [0.15, 0.2) is 0 Å². The average Bonchev–Trinajstić information content (AvgIpc) is 1.66. The fourth-order valence-electron chi connectivity index (χ4n) is 0.421. The van der Waals surface area contributed by atoms with Crippen LogP contribution in [0.2, 0.25) is 5.21 Å². The number of carboxylic acid groups (broad SMARTS) is 1. The Hall–Kier alpha value is 0.0284. The van der Waals surface area contributed by atoms with Crippen LogP contribution in [0.3, 0.4) is 0 Å². The van der Waals surface area contributed by atoms with Gasteiger partial charge >= 0.3 is 57.2 Å². The molecule has 3 heteroatoms. The van der Waals surface area contributed by atoms with E-state index in [1.807, 2.05) is 0 Å². The van der Waals surface area contributed by atoms with Crippen LogP contribution >= 0.6 is 0 Å². The summed E-state index contributed by atoms with van der Waals surface area (Å²) in [5.74, 6) is -0.675. The normalized spacial score (nSPS) is 9.12. The van der Waals surface area contributed by atoms with E-state index in [-0.39, 0.29) is 0 Å².